The Kier molecular flexibility index (Phi) is 7.00. The van der Waals surface area contributed by atoms with Gasteiger partial charge in [-0.3, -0.25) is 4.79 Å². The SMILES string of the molecule is O=C(Nc1cc(Cl)nc(NCc2ccccc2)c1)c1ccc(OCc2ccccc2)cc1. The minimum atomic E-state index is -0.240. The Labute approximate surface area is 192 Å². The first kappa shape index (κ1) is 21.4. The van der Waals surface area contributed by atoms with Gasteiger partial charge in [-0.15, -0.1) is 0 Å². The standard InChI is InChI=1S/C26H22ClN3O2/c27-24-15-22(16-25(30-24)28-17-19-7-3-1-4-8-19)29-26(31)21-11-13-23(14-12-21)32-18-20-9-5-2-6-10-20/h1-16H,17-18H2,(H2,28,29,30,31). The van der Waals surface area contributed by atoms with Crippen LogP contribution in [0.25, 0.3) is 0 Å². The van der Waals surface area contributed by atoms with Crippen LogP contribution in [0, 0.1) is 0 Å². The third-order valence-corrected chi connectivity index (χ3v) is 4.93. The molecule has 32 heavy (non-hydrogen) atoms. The van der Waals surface area contributed by atoms with E-state index in [0.29, 0.717) is 41.1 Å². The van der Waals surface area contributed by atoms with E-state index in [9.17, 15) is 4.79 Å². The molecule has 0 radical (unpaired) electrons. The van der Waals surface area contributed by atoms with Crippen LogP contribution in [0.3, 0.4) is 0 Å². The number of aromatic nitrogens is 1. The van der Waals surface area contributed by atoms with E-state index < -0.39 is 0 Å². The highest BCUT2D eigenvalue weighted by atomic mass is 35.5. The molecule has 1 heterocycles. The van der Waals surface area contributed by atoms with Crippen molar-refractivity contribution < 1.29 is 9.53 Å². The molecular weight excluding hydrogens is 422 g/mol. The number of carbonyl (C=O) groups excluding carboxylic acids is 1. The number of amides is 1. The van der Waals surface area contributed by atoms with Crippen molar-refractivity contribution in [1.29, 1.82) is 0 Å². The summed E-state index contributed by atoms with van der Waals surface area (Å²) in [5.74, 6) is 1.04. The van der Waals surface area contributed by atoms with E-state index in [4.69, 9.17) is 16.3 Å². The summed E-state index contributed by atoms with van der Waals surface area (Å²) in [5.41, 5.74) is 3.29. The quantitative estimate of drug-likeness (QED) is 0.319. The molecule has 4 aromatic rings. The second-order valence-corrected chi connectivity index (χ2v) is 7.54. The Morgan fingerprint density at radius 2 is 1.50 bits per heavy atom. The molecule has 0 fully saturated rings. The van der Waals surface area contributed by atoms with Crippen molar-refractivity contribution in [3.63, 3.8) is 0 Å². The van der Waals surface area contributed by atoms with E-state index in [1.807, 2.05) is 60.7 Å². The summed E-state index contributed by atoms with van der Waals surface area (Å²) < 4.78 is 5.77. The molecule has 5 nitrogen and oxygen atoms in total. The molecule has 0 bridgehead atoms. The van der Waals surface area contributed by atoms with Gasteiger partial charge in [0.2, 0.25) is 0 Å². The van der Waals surface area contributed by atoms with E-state index in [-0.39, 0.29) is 5.91 Å². The van der Waals surface area contributed by atoms with Gasteiger partial charge in [-0.25, -0.2) is 4.98 Å². The van der Waals surface area contributed by atoms with Gasteiger partial charge in [0, 0.05) is 23.9 Å². The molecule has 2 N–H and O–H groups in total. The maximum Gasteiger partial charge on any atom is 0.255 e. The molecule has 0 spiro atoms. The van der Waals surface area contributed by atoms with Crippen molar-refractivity contribution in [3.8, 4) is 5.75 Å². The molecular formula is C26H22ClN3O2. The molecule has 0 saturated heterocycles. The number of hydrogen-bond donors (Lipinski definition) is 2. The third kappa shape index (κ3) is 6.09. The monoisotopic (exact) mass is 443 g/mol. The number of nitrogens with zero attached hydrogens (tertiary/aromatic N) is 1. The first-order chi connectivity index (χ1) is 15.7. The molecule has 0 aliphatic heterocycles. The van der Waals surface area contributed by atoms with Crippen molar-refractivity contribution in [2.75, 3.05) is 10.6 Å². The number of benzene rings is 3. The average Bonchev–Trinajstić information content (AvgIpc) is 2.83. The second kappa shape index (κ2) is 10.5. The number of ether oxygens (including phenoxy) is 1. The molecule has 160 valence electrons. The number of rotatable bonds is 8. The zero-order valence-electron chi connectivity index (χ0n) is 17.3. The Bertz CT molecular complexity index is 1170. The molecule has 3 aromatic carbocycles. The van der Waals surface area contributed by atoms with E-state index in [2.05, 4.69) is 15.6 Å². The smallest absolute Gasteiger partial charge is 0.255 e. The van der Waals surface area contributed by atoms with Crippen LogP contribution < -0.4 is 15.4 Å². The molecule has 0 saturated carbocycles. The molecule has 1 amide bonds. The highest BCUT2D eigenvalue weighted by Gasteiger charge is 2.09. The molecule has 6 heteroatoms. The van der Waals surface area contributed by atoms with Gasteiger partial charge in [0.1, 0.15) is 23.3 Å². The largest absolute Gasteiger partial charge is 0.489 e. The summed E-state index contributed by atoms with van der Waals surface area (Å²) >= 11 is 6.15. The second-order valence-electron chi connectivity index (χ2n) is 7.16. The van der Waals surface area contributed by atoms with Crippen molar-refractivity contribution in [1.82, 2.24) is 4.98 Å². The van der Waals surface area contributed by atoms with E-state index in [0.717, 1.165) is 11.1 Å². The lowest BCUT2D eigenvalue weighted by molar-refractivity contribution is 0.102. The van der Waals surface area contributed by atoms with E-state index >= 15 is 0 Å². The van der Waals surface area contributed by atoms with Gasteiger partial charge >= 0.3 is 0 Å². The van der Waals surface area contributed by atoms with Crippen LogP contribution in [0.15, 0.2) is 97.1 Å². The van der Waals surface area contributed by atoms with Crippen LogP contribution >= 0.6 is 11.6 Å². The van der Waals surface area contributed by atoms with Crippen LogP contribution in [-0.4, -0.2) is 10.9 Å². The van der Waals surface area contributed by atoms with Crippen molar-refractivity contribution >= 4 is 29.0 Å². The summed E-state index contributed by atoms with van der Waals surface area (Å²) in [7, 11) is 0. The van der Waals surface area contributed by atoms with Crippen molar-refractivity contribution in [3.05, 3.63) is 119 Å². The van der Waals surface area contributed by atoms with E-state index in [1.54, 1.807) is 36.4 Å². The Balaban J connectivity index is 1.36. The molecule has 0 aliphatic carbocycles. The lowest BCUT2D eigenvalue weighted by atomic mass is 10.2. The fourth-order valence-electron chi connectivity index (χ4n) is 3.09. The predicted octanol–water partition coefficient (Wildman–Crippen LogP) is 6.18. The maximum atomic E-state index is 12.7. The summed E-state index contributed by atoms with van der Waals surface area (Å²) in [6.45, 7) is 1.08. The zero-order valence-corrected chi connectivity index (χ0v) is 18.0. The zero-order chi connectivity index (χ0) is 22.2. The van der Waals surface area contributed by atoms with Crippen LogP contribution in [0.2, 0.25) is 5.15 Å². The molecule has 0 aliphatic rings. The van der Waals surface area contributed by atoms with Gasteiger partial charge in [0.05, 0.1) is 0 Å². The fourth-order valence-corrected chi connectivity index (χ4v) is 3.30. The molecule has 4 rings (SSSR count). The number of nitrogens with one attached hydrogen (secondary N) is 2. The van der Waals surface area contributed by atoms with Gasteiger partial charge in [-0.05, 0) is 41.5 Å². The maximum absolute atomic E-state index is 12.7. The Morgan fingerprint density at radius 3 is 2.19 bits per heavy atom. The number of pyridine rings is 1. The number of anilines is 2. The van der Waals surface area contributed by atoms with Gasteiger partial charge in [0.15, 0.2) is 0 Å². The van der Waals surface area contributed by atoms with Gasteiger partial charge < -0.3 is 15.4 Å². The Hall–Kier alpha value is -3.83. The normalized spacial score (nSPS) is 10.4. The van der Waals surface area contributed by atoms with E-state index in [1.165, 1.54) is 0 Å². The molecule has 0 unspecified atom stereocenters. The average molecular weight is 444 g/mol. The molecule has 0 atom stereocenters. The minimum absolute atomic E-state index is 0.240. The molecule has 1 aromatic heterocycles. The number of carbonyl (C=O) groups is 1. The van der Waals surface area contributed by atoms with Crippen molar-refractivity contribution in [2.24, 2.45) is 0 Å². The lowest BCUT2D eigenvalue weighted by Crippen LogP contribution is -2.12. The van der Waals surface area contributed by atoms with Gasteiger partial charge in [-0.2, -0.15) is 0 Å². The summed E-state index contributed by atoms with van der Waals surface area (Å²) in [4.78, 5) is 16.9. The van der Waals surface area contributed by atoms with Crippen LogP contribution in [0.1, 0.15) is 21.5 Å². The van der Waals surface area contributed by atoms with Crippen LogP contribution in [-0.2, 0) is 13.2 Å². The van der Waals surface area contributed by atoms with Crippen molar-refractivity contribution in [2.45, 2.75) is 13.2 Å². The van der Waals surface area contributed by atoms with Crippen LogP contribution in [0.4, 0.5) is 11.5 Å². The summed E-state index contributed by atoms with van der Waals surface area (Å²) in [6.07, 6.45) is 0. The summed E-state index contributed by atoms with van der Waals surface area (Å²) in [6, 6.07) is 30.3. The highest BCUT2D eigenvalue weighted by molar-refractivity contribution is 6.29. The Morgan fingerprint density at radius 1 is 0.844 bits per heavy atom. The van der Waals surface area contributed by atoms with Gasteiger partial charge in [0.25, 0.3) is 5.91 Å². The lowest BCUT2D eigenvalue weighted by Gasteiger charge is -2.11. The fraction of sp³-hybridized carbons (Fsp3) is 0.0769. The predicted molar refractivity (Wildman–Crippen MR) is 128 cm³/mol. The third-order valence-electron chi connectivity index (χ3n) is 4.73. The summed E-state index contributed by atoms with van der Waals surface area (Å²) in [5, 5.41) is 6.39. The minimum Gasteiger partial charge on any atom is -0.489 e. The van der Waals surface area contributed by atoms with Crippen LogP contribution in [0.5, 0.6) is 5.75 Å². The number of halogens is 1. The number of hydrogen-bond acceptors (Lipinski definition) is 4. The first-order valence-electron chi connectivity index (χ1n) is 10.2. The topological polar surface area (TPSA) is 63.2 Å². The first-order valence-corrected chi connectivity index (χ1v) is 10.6. The highest BCUT2D eigenvalue weighted by Crippen LogP contribution is 2.21. The van der Waals surface area contributed by atoms with Gasteiger partial charge in [-0.1, -0.05) is 72.3 Å².